The molecule has 2 heterocycles. The van der Waals surface area contributed by atoms with Gasteiger partial charge in [0.15, 0.2) is 0 Å². The van der Waals surface area contributed by atoms with E-state index in [9.17, 15) is 0 Å². The molecule has 2 nitrogen and oxygen atoms in total. The fourth-order valence-electron chi connectivity index (χ4n) is 2.72. The molecule has 20 heavy (non-hydrogen) atoms. The molecule has 0 atom stereocenters. The summed E-state index contributed by atoms with van der Waals surface area (Å²) in [5.41, 5.74) is 4.54. The Morgan fingerprint density at radius 3 is 2.20 bits per heavy atom. The van der Waals surface area contributed by atoms with Crippen molar-refractivity contribution in [2.24, 2.45) is 5.92 Å². The Morgan fingerprint density at radius 2 is 1.70 bits per heavy atom. The summed E-state index contributed by atoms with van der Waals surface area (Å²) in [6, 6.07) is 0. The number of allylic oxidation sites excluding steroid dienone is 2. The van der Waals surface area contributed by atoms with Crippen LogP contribution >= 0.6 is 0 Å². The lowest BCUT2D eigenvalue weighted by atomic mass is 9.84. The lowest BCUT2D eigenvalue weighted by molar-refractivity contribution is 0.467. The second-order valence-electron chi connectivity index (χ2n) is 5.85. The Kier molecular flexibility index (Phi) is 7.85. The molecule has 1 aliphatic rings. The first-order chi connectivity index (χ1) is 9.43. The fourth-order valence-corrected chi connectivity index (χ4v) is 2.72. The zero-order valence-corrected chi connectivity index (χ0v) is 15.0. The normalized spacial score (nSPS) is 16.5. The van der Waals surface area contributed by atoms with Gasteiger partial charge in [-0.2, -0.15) is 0 Å². The van der Waals surface area contributed by atoms with E-state index in [1.165, 1.54) is 29.8 Å². The molecular formula is C18H34N2. The topological polar surface area (TPSA) is 17.8 Å². The van der Waals surface area contributed by atoms with E-state index in [1.807, 2.05) is 40.2 Å². The van der Waals surface area contributed by atoms with Crippen molar-refractivity contribution in [1.82, 2.24) is 9.55 Å². The second-order valence-corrected chi connectivity index (χ2v) is 5.85. The van der Waals surface area contributed by atoms with Gasteiger partial charge in [0.1, 0.15) is 0 Å². The molecule has 2 heteroatoms. The van der Waals surface area contributed by atoms with Crippen LogP contribution in [0.5, 0.6) is 0 Å². The maximum atomic E-state index is 4.34. The van der Waals surface area contributed by atoms with Crippen molar-refractivity contribution in [3.63, 3.8) is 0 Å². The van der Waals surface area contributed by atoms with Crippen molar-refractivity contribution in [2.45, 2.75) is 80.6 Å². The SMILES string of the molecule is CC.CC.CC1=C(C(C)C)n2cncc2C(C)(C)CC1. The Labute approximate surface area is 126 Å². The minimum Gasteiger partial charge on any atom is -0.306 e. The van der Waals surface area contributed by atoms with E-state index < -0.39 is 0 Å². The quantitative estimate of drug-likeness (QED) is 0.626. The van der Waals surface area contributed by atoms with Gasteiger partial charge in [-0.05, 0) is 25.7 Å². The molecule has 0 amide bonds. The van der Waals surface area contributed by atoms with E-state index in [1.54, 1.807) is 0 Å². The first-order valence-corrected chi connectivity index (χ1v) is 8.16. The summed E-state index contributed by atoms with van der Waals surface area (Å²) in [5, 5.41) is 0. The maximum absolute atomic E-state index is 4.34. The van der Waals surface area contributed by atoms with Gasteiger partial charge >= 0.3 is 0 Å². The Morgan fingerprint density at radius 1 is 1.15 bits per heavy atom. The highest BCUT2D eigenvalue weighted by Crippen LogP contribution is 2.38. The van der Waals surface area contributed by atoms with Crippen molar-refractivity contribution in [3.8, 4) is 0 Å². The molecular weight excluding hydrogens is 244 g/mol. The van der Waals surface area contributed by atoms with Gasteiger partial charge in [-0.1, -0.05) is 61.0 Å². The van der Waals surface area contributed by atoms with Crippen LogP contribution in [-0.4, -0.2) is 9.55 Å². The summed E-state index contributed by atoms with van der Waals surface area (Å²) in [5.74, 6) is 0.557. The lowest BCUT2D eigenvalue weighted by Gasteiger charge is -2.24. The Bertz CT molecular complexity index is 422. The number of aromatic nitrogens is 2. The predicted octanol–water partition coefficient (Wildman–Crippen LogP) is 5.89. The predicted molar refractivity (Wildman–Crippen MR) is 90.9 cm³/mol. The van der Waals surface area contributed by atoms with Crippen molar-refractivity contribution >= 4 is 5.70 Å². The van der Waals surface area contributed by atoms with Crippen LogP contribution < -0.4 is 0 Å². The molecule has 1 aromatic rings. The maximum Gasteiger partial charge on any atom is 0.0991 e. The zero-order chi connectivity index (χ0) is 15.9. The third-order valence-corrected chi connectivity index (χ3v) is 3.70. The van der Waals surface area contributed by atoms with Gasteiger partial charge < -0.3 is 4.57 Å². The number of rotatable bonds is 1. The molecule has 0 radical (unpaired) electrons. The zero-order valence-electron chi connectivity index (χ0n) is 15.0. The number of hydrogen-bond donors (Lipinski definition) is 0. The highest BCUT2D eigenvalue weighted by Gasteiger charge is 2.29. The van der Waals surface area contributed by atoms with E-state index in [0.29, 0.717) is 5.92 Å². The fraction of sp³-hybridized carbons (Fsp3) is 0.722. The van der Waals surface area contributed by atoms with Gasteiger partial charge in [0.25, 0.3) is 0 Å². The number of nitrogens with zero attached hydrogens (tertiary/aromatic N) is 2. The van der Waals surface area contributed by atoms with Gasteiger partial charge in [-0.15, -0.1) is 0 Å². The van der Waals surface area contributed by atoms with Gasteiger partial charge in [-0.25, -0.2) is 4.98 Å². The van der Waals surface area contributed by atoms with Gasteiger partial charge in [-0.3, -0.25) is 0 Å². The van der Waals surface area contributed by atoms with Crippen LogP contribution in [0.2, 0.25) is 0 Å². The van der Waals surface area contributed by atoms with E-state index in [4.69, 9.17) is 0 Å². The largest absolute Gasteiger partial charge is 0.306 e. The summed E-state index contributed by atoms with van der Waals surface area (Å²) in [6.45, 7) is 19.4. The van der Waals surface area contributed by atoms with Crippen molar-refractivity contribution < 1.29 is 0 Å². The summed E-state index contributed by atoms with van der Waals surface area (Å²) in [7, 11) is 0. The average molecular weight is 278 g/mol. The van der Waals surface area contributed by atoms with Crippen molar-refractivity contribution in [3.05, 3.63) is 23.8 Å². The number of imidazole rings is 1. The molecule has 0 aromatic carbocycles. The highest BCUT2D eigenvalue weighted by molar-refractivity contribution is 5.54. The molecule has 2 rings (SSSR count). The van der Waals surface area contributed by atoms with E-state index in [0.717, 1.165) is 0 Å². The van der Waals surface area contributed by atoms with Crippen LogP contribution in [-0.2, 0) is 5.41 Å². The van der Waals surface area contributed by atoms with E-state index >= 15 is 0 Å². The molecule has 0 saturated heterocycles. The van der Waals surface area contributed by atoms with Crippen LogP contribution in [0.25, 0.3) is 5.70 Å². The minimum atomic E-state index is 0.231. The summed E-state index contributed by atoms with van der Waals surface area (Å²) >= 11 is 0. The van der Waals surface area contributed by atoms with Crippen LogP contribution in [0.4, 0.5) is 0 Å². The van der Waals surface area contributed by atoms with E-state index in [-0.39, 0.29) is 5.41 Å². The highest BCUT2D eigenvalue weighted by atomic mass is 15.1. The van der Waals surface area contributed by atoms with Crippen molar-refractivity contribution in [1.29, 1.82) is 0 Å². The minimum absolute atomic E-state index is 0.231. The van der Waals surface area contributed by atoms with E-state index in [2.05, 4.69) is 44.2 Å². The van der Waals surface area contributed by atoms with Crippen LogP contribution in [0, 0.1) is 5.92 Å². The van der Waals surface area contributed by atoms with Crippen LogP contribution in [0.15, 0.2) is 18.1 Å². The average Bonchev–Trinajstić information content (AvgIpc) is 2.87. The standard InChI is InChI=1S/C14H22N2.2C2H6/c1-10(2)13-11(3)6-7-14(4,5)12-8-15-9-16(12)13;2*1-2/h8-10H,6-7H2,1-5H3;2*1-2H3. The molecule has 0 fully saturated rings. The van der Waals surface area contributed by atoms with Crippen LogP contribution in [0.1, 0.15) is 80.8 Å². The Hall–Kier alpha value is -1.05. The molecule has 0 saturated carbocycles. The molecule has 0 aliphatic carbocycles. The van der Waals surface area contributed by atoms with Crippen LogP contribution in [0.3, 0.4) is 0 Å². The molecule has 0 unspecified atom stereocenters. The van der Waals surface area contributed by atoms with Gasteiger partial charge in [0.2, 0.25) is 0 Å². The lowest BCUT2D eigenvalue weighted by Crippen LogP contribution is -2.20. The first kappa shape index (κ1) is 18.9. The monoisotopic (exact) mass is 278 g/mol. The molecule has 0 bridgehead atoms. The van der Waals surface area contributed by atoms with Crippen molar-refractivity contribution in [2.75, 3.05) is 0 Å². The van der Waals surface area contributed by atoms with Gasteiger partial charge in [0, 0.05) is 23.0 Å². The molecule has 0 spiro atoms. The third kappa shape index (κ3) is 3.97. The first-order valence-electron chi connectivity index (χ1n) is 8.16. The number of hydrogen-bond acceptors (Lipinski definition) is 1. The van der Waals surface area contributed by atoms with Gasteiger partial charge in [0.05, 0.1) is 6.33 Å². The molecule has 1 aromatic heterocycles. The summed E-state index contributed by atoms with van der Waals surface area (Å²) in [6.07, 6.45) is 6.41. The summed E-state index contributed by atoms with van der Waals surface area (Å²) < 4.78 is 2.31. The number of fused-ring (bicyclic) bond motifs is 1. The third-order valence-electron chi connectivity index (χ3n) is 3.70. The Balaban J connectivity index is 0.000000829. The smallest absolute Gasteiger partial charge is 0.0991 e. The second kappa shape index (κ2) is 8.28. The molecule has 0 N–H and O–H groups in total. The molecule has 116 valence electrons. The molecule has 1 aliphatic heterocycles. The summed E-state index contributed by atoms with van der Waals surface area (Å²) in [4.78, 5) is 4.34.